The number of rotatable bonds is 9. The van der Waals surface area contributed by atoms with E-state index in [4.69, 9.17) is 4.74 Å². The van der Waals surface area contributed by atoms with Crippen LogP contribution < -0.4 is 5.32 Å². The molecule has 0 aliphatic heterocycles. The topological polar surface area (TPSA) is 52.0 Å². The number of fused-ring (bicyclic) bond motifs is 1. The van der Waals surface area contributed by atoms with Gasteiger partial charge in [0.15, 0.2) is 0 Å². The molecule has 6 heteroatoms. The number of nitrogens with one attached hydrogen (secondary N) is 1. The van der Waals surface area contributed by atoms with Gasteiger partial charge in [-0.1, -0.05) is 0 Å². The van der Waals surface area contributed by atoms with Crippen molar-refractivity contribution in [1.82, 2.24) is 14.5 Å². The van der Waals surface area contributed by atoms with Crippen LogP contribution in [-0.2, 0) is 11.5 Å². The highest BCUT2D eigenvalue weighted by molar-refractivity contribution is 8.32. The molecule has 0 spiro atoms. The van der Waals surface area contributed by atoms with Gasteiger partial charge in [-0.25, -0.2) is 15.0 Å². The van der Waals surface area contributed by atoms with E-state index in [0.29, 0.717) is 6.73 Å². The maximum absolute atomic E-state index is 6.13. The highest BCUT2D eigenvalue weighted by Crippen LogP contribution is 2.34. The standard InChI is InChI=1S/C23H32N4OS/c1-17-11-19(7-8-24-17)21-12-20-15-26-23(25-14-18-5-6-18)13-22(20)27(21)16-28-9-10-29(2,3)4/h7-8,11-13,15,18H,5-6,9-10,14,16H2,1-4H3,(H,25,26). The molecule has 1 N–H and O–H groups in total. The summed E-state index contributed by atoms with van der Waals surface area (Å²) in [5.74, 6) is 2.88. The summed E-state index contributed by atoms with van der Waals surface area (Å²) in [4.78, 5) is 8.98. The van der Waals surface area contributed by atoms with E-state index in [2.05, 4.69) is 62.9 Å². The van der Waals surface area contributed by atoms with Gasteiger partial charge >= 0.3 is 0 Å². The van der Waals surface area contributed by atoms with Crippen LogP contribution in [0.5, 0.6) is 0 Å². The van der Waals surface area contributed by atoms with Crippen LogP contribution in [-0.4, -0.2) is 52.2 Å². The van der Waals surface area contributed by atoms with Gasteiger partial charge in [0.1, 0.15) is 12.5 Å². The van der Waals surface area contributed by atoms with Gasteiger partial charge < -0.3 is 14.6 Å². The quantitative estimate of drug-likeness (QED) is 0.508. The van der Waals surface area contributed by atoms with Crippen molar-refractivity contribution in [3.8, 4) is 11.3 Å². The lowest BCUT2D eigenvalue weighted by Crippen LogP contribution is -2.11. The summed E-state index contributed by atoms with van der Waals surface area (Å²) in [5.41, 5.74) is 4.48. The number of aromatic nitrogens is 3. The Kier molecular flexibility index (Phi) is 5.83. The third-order valence-electron chi connectivity index (χ3n) is 5.31. The summed E-state index contributed by atoms with van der Waals surface area (Å²) in [6, 6.07) is 8.56. The molecule has 5 nitrogen and oxygen atoms in total. The Bertz CT molecular complexity index is 988. The fraction of sp³-hybridized carbons (Fsp3) is 0.478. The molecule has 1 fully saturated rings. The van der Waals surface area contributed by atoms with Crippen molar-refractivity contribution in [3.63, 3.8) is 0 Å². The smallest absolute Gasteiger partial charge is 0.128 e. The number of hydrogen-bond acceptors (Lipinski definition) is 4. The molecule has 4 rings (SSSR count). The first-order chi connectivity index (χ1) is 13.9. The minimum atomic E-state index is -0.554. The van der Waals surface area contributed by atoms with Gasteiger partial charge in [-0.3, -0.25) is 4.98 Å². The Morgan fingerprint density at radius 1 is 1.17 bits per heavy atom. The van der Waals surface area contributed by atoms with Gasteiger partial charge in [-0.2, -0.15) is 0 Å². The third kappa shape index (κ3) is 5.31. The Morgan fingerprint density at radius 2 is 2.00 bits per heavy atom. The molecular formula is C23H32N4OS. The first-order valence-corrected chi connectivity index (χ1v) is 13.3. The van der Waals surface area contributed by atoms with Crippen LogP contribution in [0, 0.1) is 12.8 Å². The number of ether oxygens (including phenoxy) is 1. The zero-order chi connectivity index (χ0) is 20.4. The lowest BCUT2D eigenvalue weighted by molar-refractivity contribution is 0.0938. The van der Waals surface area contributed by atoms with Crippen molar-refractivity contribution in [3.05, 3.63) is 42.4 Å². The Balaban J connectivity index is 1.64. The molecule has 1 aliphatic carbocycles. The van der Waals surface area contributed by atoms with Crippen molar-refractivity contribution in [1.29, 1.82) is 0 Å². The maximum atomic E-state index is 6.13. The molecule has 3 heterocycles. The van der Waals surface area contributed by atoms with Crippen LogP contribution in [0.4, 0.5) is 5.82 Å². The second kappa shape index (κ2) is 8.36. The minimum Gasteiger partial charge on any atom is -0.370 e. The molecule has 3 aromatic rings. The van der Waals surface area contributed by atoms with Gasteiger partial charge in [-0.15, -0.1) is 0 Å². The second-order valence-corrected chi connectivity index (χ2v) is 13.5. The molecule has 0 bridgehead atoms. The minimum absolute atomic E-state index is 0.543. The van der Waals surface area contributed by atoms with E-state index in [9.17, 15) is 0 Å². The van der Waals surface area contributed by atoms with E-state index >= 15 is 0 Å². The average molecular weight is 413 g/mol. The van der Waals surface area contributed by atoms with Crippen LogP contribution in [0.3, 0.4) is 0 Å². The first kappa shape index (κ1) is 20.2. The van der Waals surface area contributed by atoms with Gasteiger partial charge in [0, 0.05) is 47.4 Å². The largest absolute Gasteiger partial charge is 0.370 e. The lowest BCUT2D eigenvalue weighted by atomic mass is 10.1. The summed E-state index contributed by atoms with van der Waals surface area (Å²) in [6.07, 6.45) is 13.5. The van der Waals surface area contributed by atoms with Gasteiger partial charge in [0.2, 0.25) is 0 Å². The summed E-state index contributed by atoms with van der Waals surface area (Å²) in [6.45, 7) is 4.37. The zero-order valence-electron chi connectivity index (χ0n) is 17.9. The fourth-order valence-electron chi connectivity index (χ4n) is 3.37. The molecule has 0 radical (unpaired) electrons. The Hall–Kier alpha value is -2.05. The van der Waals surface area contributed by atoms with E-state index in [1.165, 1.54) is 12.8 Å². The maximum Gasteiger partial charge on any atom is 0.128 e. The highest BCUT2D eigenvalue weighted by atomic mass is 32.3. The van der Waals surface area contributed by atoms with E-state index in [1.807, 2.05) is 19.3 Å². The predicted molar refractivity (Wildman–Crippen MR) is 125 cm³/mol. The van der Waals surface area contributed by atoms with E-state index in [1.54, 1.807) is 0 Å². The van der Waals surface area contributed by atoms with Crippen molar-refractivity contribution >= 4 is 26.7 Å². The van der Waals surface area contributed by atoms with Crippen molar-refractivity contribution in [2.24, 2.45) is 5.92 Å². The monoisotopic (exact) mass is 412 g/mol. The van der Waals surface area contributed by atoms with Crippen LogP contribution in [0.2, 0.25) is 0 Å². The number of anilines is 1. The van der Waals surface area contributed by atoms with Crippen LogP contribution in [0.15, 0.2) is 36.7 Å². The molecule has 0 saturated heterocycles. The van der Waals surface area contributed by atoms with E-state index in [0.717, 1.165) is 58.5 Å². The molecule has 1 saturated carbocycles. The average Bonchev–Trinajstić information content (AvgIpc) is 3.43. The normalized spacial score (nSPS) is 15.0. The first-order valence-electron chi connectivity index (χ1n) is 10.3. The molecule has 0 aromatic carbocycles. The van der Waals surface area contributed by atoms with E-state index in [-0.39, 0.29) is 0 Å². The van der Waals surface area contributed by atoms with Crippen LogP contribution in [0.1, 0.15) is 18.5 Å². The summed E-state index contributed by atoms with van der Waals surface area (Å²) < 4.78 is 8.40. The van der Waals surface area contributed by atoms with Crippen molar-refractivity contribution in [2.45, 2.75) is 26.5 Å². The zero-order valence-corrected chi connectivity index (χ0v) is 18.8. The summed E-state index contributed by atoms with van der Waals surface area (Å²) in [7, 11) is -0.554. The van der Waals surface area contributed by atoms with Gasteiger partial charge in [-0.05, 0) is 62.6 Å². The predicted octanol–water partition coefficient (Wildman–Crippen LogP) is 4.90. The summed E-state index contributed by atoms with van der Waals surface area (Å²) >= 11 is 0. The fourth-order valence-corrected chi connectivity index (χ4v) is 3.99. The SMILES string of the molecule is Cc1cc(-c2cc3cnc(NCC4CC4)cc3n2COCCS(C)(C)C)ccn1. The van der Waals surface area contributed by atoms with Crippen LogP contribution in [0.25, 0.3) is 22.2 Å². The number of hydrogen-bond donors (Lipinski definition) is 1. The Morgan fingerprint density at radius 3 is 2.72 bits per heavy atom. The lowest BCUT2D eigenvalue weighted by Gasteiger charge is -2.24. The number of aryl methyl sites for hydroxylation is 1. The number of pyridine rings is 2. The van der Waals surface area contributed by atoms with Crippen molar-refractivity contribution < 1.29 is 4.74 Å². The molecule has 0 unspecified atom stereocenters. The van der Waals surface area contributed by atoms with Crippen molar-refractivity contribution in [2.75, 3.05) is 43.0 Å². The summed E-state index contributed by atoms with van der Waals surface area (Å²) in [5, 5.41) is 4.63. The van der Waals surface area contributed by atoms with Gasteiger partial charge in [0.25, 0.3) is 0 Å². The Labute approximate surface area is 175 Å². The third-order valence-corrected chi connectivity index (χ3v) is 6.70. The molecule has 156 valence electrons. The van der Waals surface area contributed by atoms with E-state index < -0.39 is 10.0 Å². The highest BCUT2D eigenvalue weighted by Gasteiger charge is 2.21. The molecule has 1 aliphatic rings. The molecule has 0 atom stereocenters. The molecule has 3 aromatic heterocycles. The molecule has 29 heavy (non-hydrogen) atoms. The molecular weight excluding hydrogens is 380 g/mol. The molecule has 0 amide bonds. The van der Waals surface area contributed by atoms with Gasteiger partial charge in [0.05, 0.1) is 17.8 Å². The second-order valence-electron chi connectivity index (χ2n) is 8.93. The number of nitrogens with zero attached hydrogens (tertiary/aromatic N) is 3. The van der Waals surface area contributed by atoms with Crippen LogP contribution >= 0.6 is 10.0 Å².